The number of carbonyl (C=O) groups is 1. The standard InChI is InChI=1S/C9H4F3NOS/c10-9(11,12)5-2-1-3-6-8(5)13-7(4-14)15-6/h1-4H. The summed E-state index contributed by atoms with van der Waals surface area (Å²) in [6.45, 7) is 0. The molecule has 15 heavy (non-hydrogen) atoms. The zero-order valence-electron chi connectivity index (χ0n) is 7.21. The minimum absolute atomic E-state index is 0.0571. The van der Waals surface area contributed by atoms with Gasteiger partial charge in [-0.2, -0.15) is 13.2 Å². The number of aromatic nitrogens is 1. The Bertz CT molecular complexity index is 518. The summed E-state index contributed by atoms with van der Waals surface area (Å²) in [5.74, 6) is 0. The lowest BCUT2D eigenvalue weighted by Gasteiger charge is -2.05. The van der Waals surface area contributed by atoms with Crippen molar-refractivity contribution in [2.24, 2.45) is 0 Å². The Morgan fingerprint density at radius 1 is 1.33 bits per heavy atom. The number of benzene rings is 1. The summed E-state index contributed by atoms with van der Waals surface area (Å²) in [5.41, 5.74) is -0.957. The van der Waals surface area contributed by atoms with E-state index >= 15 is 0 Å². The topological polar surface area (TPSA) is 30.0 Å². The quantitative estimate of drug-likeness (QED) is 0.706. The summed E-state index contributed by atoms with van der Waals surface area (Å²) in [7, 11) is 0. The molecule has 1 aromatic heterocycles. The number of hydrogen-bond donors (Lipinski definition) is 0. The number of alkyl halides is 3. The van der Waals surface area contributed by atoms with Gasteiger partial charge in [0.2, 0.25) is 0 Å². The smallest absolute Gasteiger partial charge is 0.295 e. The number of rotatable bonds is 1. The van der Waals surface area contributed by atoms with Crippen LogP contribution in [0, 0.1) is 0 Å². The molecule has 0 unspecified atom stereocenters. The number of nitrogens with zero attached hydrogens (tertiary/aromatic N) is 1. The Kier molecular flexibility index (Phi) is 2.22. The van der Waals surface area contributed by atoms with E-state index in [0.717, 1.165) is 17.4 Å². The number of hydrogen-bond acceptors (Lipinski definition) is 3. The largest absolute Gasteiger partial charge is 0.418 e. The van der Waals surface area contributed by atoms with Crippen molar-refractivity contribution in [3.8, 4) is 0 Å². The molecule has 1 heterocycles. The van der Waals surface area contributed by atoms with Crippen LogP contribution in [0.2, 0.25) is 0 Å². The molecule has 0 bridgehead atoms. The third kappa shape index (κ3) is 1.72. The summed E-state index contributed by atoms with van der Waals surface area (Å²) in [5, 5.41) is 0.0571. The molecule has 2 aromatic rings. The minimum Gasteiger partial charge on any atom is -0.295 e. The van der Waals surface area contributed by atoms with Gasteiger partial charge in [-0.05, 0) is 12.1 Å². The predicted octanol–water partition coefficient (Wildman–Crippen LogP) is 3.13. The molecular weight excluding hydrogens is 227 g/mol. The molecule has 0 saturated carbocycles. The lowest BCUT2D eigenvalue weighted by Crippen LogP contribution is -2.05. The molecule has 2 rings (SSSR count). The molecule has 0 N–H and O–H groups in total. The highest BCUT2D eigenvalue weighted by atomic mass is 32.1. The van der Waals surface area contributed by atoms with E-state index in [4.69, 9.17) is 0 Å². The fourth-order valence-corrected chi connectivity index (χ4v) is 2.05. The minimum atomic E-state index is -4.44. The molecule has 2 nitrogen and oxygen atoms in total. The molecule has 6 heteroatoms. The van der Waals surface area contributed by atoms with E-state index in [0.29, 0.717) is 11.0 Å². The molecular formula is C9H4F3NOS. The molecule has 0 radical (unpaired) electrons. The van der Waals surface area contributed by atoms with Crippen LogP contribution in [0.4, 0.5) is 13.2 Å². The summed E-state index contributed by atoms with van der Waals surface area (Å²) in [4.78, 5) is 14.0. The maximum absolute atomic E-state index is 12.5. The lowest BCUT2D eigenvalue weighted by atomic mass is 10.2. The second kappa shape index (κ2) is 3.30. The van der Waals surface area contributed by atoms with Crippen molar-refractivity contribution in [3.63, 3.8) is 0 Å². The van der Waals surface area contributed by atoms with Gasteiger partial charge in [0, 0.05) is 0 Å². The number of fused-ring (bicyclic) bond motifs is 1. The van der Waals surface area contributed by atoms with Crippen molar-refractivity contribution >= 4 is 27.8 Å². The molecule has 0 saturated heterocycles. The van der Waals surface area contributed by atoms with Crippen LogP contribution >= 0.6 is 11.3 Å². The Balaban J connectivity index is 2.75. The van der Waals surface area contributed by atoms with Crippen molar-refractivity contribution in [1.29, 1.82) is 0 Å². The van der Waals surface area contributed by atoms with Crippen LogP contribution in [-0.4, -0.2) is 11.3 Å². The van der Waals surface area contributed by atoms with Crippen molar-refractivity contribution in [3.05, 3.63) is 28.8 Å². The molecule has 0 aliphatic heterocycles. The van der Waals surface area contributed by atoms with Crippen LogP contribution in [0.3, 0.4) is 0 Å². The van der Waals surface area contributed by atoms with E-state index < -0.39 is 11.7 Å². The second-order valence-corrected chi connectivity index (χ2v) is 3.88. The molecule has 0 aliphatic carbocycles. The van der Waals surface area contributed by atoms with E-state index in [1.807, 2.05) is 0 Å². The van der Waals surface area contributed by atoms with Crippen LogP contribution < -0.4 is 0 Å². The lowest BCUT2D eigenvalue weighted by molar-refractivity contribution is -0.136. The second-order valence-electron chi connectivity index (χ2n) is 2.82. The molecule has 0 spiro atoms. The van der Waals surface area contributed by atoms with Crippen molar-refractivity contribution in [2.75, 3.05) is 0 Å². The summed E-state index contributed by atoms with van der Waals surface area (Å²) in [6.07, 6.45) is -3.99. The van der Waals surface area contributed by atoms with Gasteiger partial charge in [-0.1, -0.05) is 6.07 Å². The highest BCUT2D eigenvalue weighted by molar-refractivity contribution is 7.20. The van der Waals surface area contributed by atoms with E-state index in [-0.39, 0.29) is 10.5 Å². The van der Waals surface area contributed by atoms with Crippen molar-refractivity contribution in [1.82, 2.24) is 4.98 Å². The van der Waals surface area contributed by atoms with Gasteiger partial charge in [0.1, 0.15) is 0 Å². The zero-order chi connectivity index (χ0) is 11.1. The Morgan fingerprint density at radius 2 is 2.07 bits per heavy atom. The average molecular weight is 231 g/mol. The highest BCUT2D eigenvalue weighted by Crippen LogP contribution is 2.35. The molecule has 0 aliphatic rings. The van der Waals surface area contributed by atoms with E-state index in [9.17, 15) is 18.0 Å². The van der Waals surface area contributed by atoms with Crippen LogP contribution in [0.25, 0.3) is 10.2 Å². The number of aldehydes is 1. The van der Waals surface area contributed by atoms with Gasteiger partial charge >= 0.3 is 6.18 Å². The first kappa shape index (κ1) is 10.1. The number of thiazole rings is 1. The Labute approximate surface area is 86.4 Å². The first-order valence-corrected chi connectivity index (χ1v) is 4.76. The van der Waals surface area contributed by atoms with Gasteiger partial charge in [-0.3, -0.25) is 4.79 Å². The first-order valence-electron chi connectivity index (χ1n) is 3.94. The Morgan fingerprint density at radius 3 is 2.67 bits per heavy atom. The Hall–Kier alpha value is -1.43. The molecule has 0 fully saturated rings. The number of para-hydroxylation sites is 1. The van der Waals surface area contributed by atoms with Crippen LogP contribution in [0.5, 0.6) is 0 Å². The van der Waals surface area contributed by atoms with Crippen molar-refractivity contribution < 1.29 is 18.0 Å². The van der Waals surface area contributed by atoms with Gasteiger partial charge in [-0.15, -0.1) is 11.3 Å². The molecule has 78 valence electrons. The zero-order valence-corrected chi connectivity index (χ0v) is 8.02. The normalized spacial score (nSPS) is 11.9. The maximum atomic E-state index is 12.5. The third-order valence-corrected chi connectivity index (χ3v) is 2.79. The monoisotopic (exact) mass is 231 g/mol. The number of halogens is 3. The SMILES string of the molecule is O=Cc1nc2c(C(F)(F)F)cccc2s1. The number of carbonyl (C=O) groups excluding carboxylic acids is 1. The van der Waals surface area contributed by atoms with E-state index in [1.165, 1.54) is 12.1 Å². The summed E-state index contributed by atoms with van der Waals surface area (Å²) >= 11 is 0.948. The highest BCUT2D eigenvalue weighted by Gasteiger charge is 2.33. The van der Waals surface area contributed by atoms with Crippen molar-refractivity contribution in [2.45, 2.75) is 6.18 Å². The first-order chi connectivity index (χ1) is 7.02. The van der Waals surface area contributed by atoms with Gasteiger partial charge in [0.15, 0.2) is 11.3 Å². The average Bonchev–Trinajstić information content (AvgIpc) is 2.57. The van der Waals surface area contributed by atoms with Gasteiger partial charge in [0.05, 0.1) is 15.8 Å². The predicted molar refractivity (Wildman–Crippen MR) is 50.0 cm³/mol. The van der Waals surface area contributed by atoms with Crippen LogP contribution in [-0.2, 0) is 6.18 Å². The summed E-state index contributed by atoms with van der Waals surface area (Å²) < 4.78 is 37.9. The van der Waals surface area contributed by atoms with E-state index in [2.05, 4.69) is 4.98 Å². The van der Waals surface area contributed by atoms with E-state index in [1.54, 1.807) is 0 Å². The third-order valence-electron chi connectivity index (χ3n) is 1.84. The summed E-state index contributed by atoms with van der Waals surface area (Å²) in [6, 6.07) is 3.77. The fourth-order valence-electron chi connectivity index (χ4n) is 1.24. The molecule has 0 atom stereocenters. The van der Waals surface area contributed by atoms with Gasteiger partial charge in [-0.25, -0.2) is 4.98 Å². The van der Waals surface area contributed by atoms with Gasteiger partial charge in [0.25, 0.3) is 0 Å². The van der Waals surface area contributed by atoms with Crippen LogP contribution in [0.1, 0.15) is 15.4 Å². The van der Waals surface area contributed by atoms with Gasteiger partial charge < -0.3 is 0 Å². The molecule has 0 amide bonds. The fraction of sp³-hybridized carbons (Fsp3) is 0.111. The maximum Gasteiger partial charge on any atom is 0.418 e. The van der Waals surface area contributed by atoms with Crippen LogP contribution in [0.15, 0.2) is 18.2 Å². The molecule has 1 aromatic carbocycles.